The predicted octanol–water partition coefficient (Wildman–Crippen LogP) is 2.63. The van der Waals surface area contributed by atoms with Crippen LogP contribution in [0.15, 0.2) is 19.6 Å². The van der Waals surface area contributed by atoms with Crippen LogP contribution < -0.4 is 5.32 Å². The van der Waals surface area contributed by atoms with Crippen LogP contribution in [0.1, 0.15) is 23.9 Å². The second-order valence-corrected chi connectivity index (χ2v) is 5.57. The van der Waals surface area contributed by atoms with Crippen molar-refractivity contribution in [2.75, 3.05) is 19.6 Å². The molecular weight excluding hydrogens is 352 g/mol. The molecule has 94 valence electrons. The number of piperazine rings is 1. The third-order valence-electron chi connectivity index (χ3n) is 2.94. The standard InChI is InChI=1S/C11H14Br2N2O2/c1-2-7-6-14-3-4-15(7)11(16)9-5-8(12)10(13)17-9/h5,7,14H,2-4,6H2,1H3/t7-/m0/s1. The van der Waals surface area contributed by atoms with Crippen LogP contribution in [0, 0.1) is 0 Å². The monoisotopic (exact) mass is 364 g/mol. The van der Waals surface area contributed by atoms with Gasteiger partial charge >= 0.3 is 0 Å². The highest BCUT2D eigenvalue weighted by atomic mass is 79.9. The highest BCUT2D eigenvalue weighted by molar-refractivity contribution is 9.13. The molecule has 1 amide bonds. The summed E-state index contributed by atoms with van der Waals surface area (Å²) in [6.45, 7) is 4.51. The number of nitrogens with zero attached hydrogens (tertiary/aromatic N) is 1. The van der Waals surface area contributed by atoms with Crippen LogP contribution in [-0.2, 0) is 0 Å². The Balaban J connectivity index is 2.18. The second-order valence-electron chi connectivity index (χ2n) is 4.00. The summed E-state index contributed by atoms with van der Waals surface area (Å²) in [4.78, 5) is 14.2. The Morgan fingerprint density at radius 1 is 1.65 bits per heavy atom. The van der Waals surface area contributed by atoms with Gasteiger partial charge in [0.1, 0.15) is 0 Å². The van der Waals surface area contributed by atoms with Crippen molar-refractivity contribution < 1.29 is 9.21 Å². The molecule has 1 saturated heterocycles. The molecule has 4 nitrogen and oxygen atoms in total. The van der Waals surface area contributed by atoms with E-state index in [-0.39, 0.29) is 11.9 Å². The lowest BCUT2D eigenvalue weighted by Crippen LogP contribution is -2.53. The van der Waals surface area contributed by atoms with E-state index in [1.54, 1.807) is 6.07 Å². The van der Waals surface area contributed by atoms with Gasteiger partial charge in [-0.15, -0.1) is 0 Å². The zero-order valence-electron chi connectivity index (χ0n) is 9.50. The number of hydrogen-bond donors (Lipinski definition) is 1. The van der Waals surface area contributed by atoms with E-state index in [2.05, 4.69) is 44.1 Å². The van der Waals surface area contributed by atoms with E-state index in [4.69, 9.17) is 4.42 Å². The Labute approximate surface area is 117 Å². The summed E-state index contributed by atoms with van der Waals surface area (Å²) in [6.07, 6.45) is 0.946. The molecule has 0 saturated carbocycles. The van der Waals surface area contributed by atoms with Gasteiger partial charge in [0.05, 0.1) is 4.47 Å². The van der Waals surface area contributed by atoms with Crippen LogP contribution in [0.3, 0.4) is 0 Å². The second kappa shape index (κ2) is 5.54. The van der Waals surface area contributed by atoms with Gasteiger partial charge < -0.3 is 14.6 Å². The van der Waals surface area contributed by atoms with Crippen molar-refractivity contribution in [3.63, 3.8) is 0 Å². The van der Waals surface area contributed by atoms with Gasteiger partial charge in [0.25, 0.3) is 5.91 Å². The molecule has 2 heterocycles. The van der Waals surface area contributed by atoms with Gasteiger partial charge in [0.15, 0.2) is 10.4 Å². The molecule has 1 aliphatic rings. The molecule has 17 heavy (non-hydrogen) atoms. The fraction of sp³-hybridized carbons (Fsp3) is 0.545. The molecule has 0 aliphatic carbocycles. The topological polar surface area (TPSA) is 45.5 Å². The molecule has 0 bridgehead atoms. The average molecular weight is 366 g/mol. The molecule has 1 aliphatic heterocycles. The minimum absolute atomic E-state index is 0.0373. The molecule has 1 fully saturated rings. The molecular formula is C11H14Br2N2O2. The summed E-state index contributed by atoms with van der Waals surface area (Å²) in [7, 11) is 0. The summed E-state index contributed by atoms with van der Waals surface area (Å²) in [5, 5.41) is 3.30. The molecule has 1 aromatic heterocycles. The number of hydrogen-bond acceptors (Lipinski definition) is 3. The Morgan fingerprint density at radius 2 is 2.41 bits per heavy atom. The summed E-state index contributed by atoms with van der Waals surface area (Å²) < 4.78 is 6.71. The van der Waals surface area contributed by atoms with Crippen LogP contribution in [0.4, 0.5) is 0 Å². The minimum Gasteiger partial charge on any atom is -0.443 e. The van der Waals surface area contributed by atoms with Crippen LogP contribution in [0.2, 0.25) is 0 Å². The van der Waals surface area contributed by atoms with Crippen molar-refractivity contribution in [2.24, 2.45) is 0 Å². The summed E-state index contributed by atoms with van der Waals surface area (Å²) in [6, 6.07) is 1.96. The van der Waals surface area contributed by atoms with Crippen LogP contribution in [0.5, 0.6) is 0 Å². The zero-order chi connectivity index (χ0) is 12.4. The van der Waals surface area contributed by atoms with E-state index in [0.29, 0.717) is 10.4 Å². The van der Waals surface area contributed by atoms with E-state index in [0.717, 1.165) is 30.5 Å². The quantitative estimate of drug-likeness (QED) is 0.876. The molecule has 1 N–H and O–H groups in total. The maximum Gasteiger partial charge on any atom is 0.289 e. The van der Waals surface area contributed by atoms with Crippen LogP contribution >= 0.6 is 31.9 Å². The van der Waals surface area contributed by atoms with Crippen molar-refractivity contribution >= 4 is 37.8 Å². The van der Waals surface area contributed by atoms with Crippen LogP contribution in [-0.4, -0.2) is 36.5 Å². The first-order valence-electron chi connectivity index (χ1n) is 5.60. The lowest BCUT2D eigenvalue weighted by Gasteiger charge is -2.35. The van der Waals surface area contributed by atoms with Crippen molar-refractivity contribution in [2.45, 2.75) is 19.4 Å². The van der Waals surface area contributed by atoms with Gasteiger partial charge in [-0.25, -0.2) is 0 Å². The lowest BCUT2D eigenvalue weighted by molar-refractivity contribution is 0.0597. The Bertz CT molecular complexity index is 400. The fourth-order valence-electron chi connectivity index (χ4n) is 1.99. The predicted molar refractivity (Wildman–Crippen MR) is 72.1 cm³/mol. The minimum atomic E-state index is -0.0373. The van der Waals surface area contributed by atoms with Crippen molar-refractivity contribution in [1.82, 2.24) is 10.2 Å². The van der Waals surface area contributed by atoms with E-state index in [9.17, 15) is 4.79 Å². The van der Waals surface area contributed by atoms with Gasteiger partial charge in [-0.1, -0.05) is 6.92 Å². The third kappa shape index (κ3) is 2.74. The largest absolute Gasteiger partial charge is 0.443 e. The lowest BCUT2D eigenvalue weighted by atomic mass is 10.1. The van der Waals surface area contributed by atoms with Gasteiger partial charge in [0.2, 0.25) is 0 Å². The molecule has 1 atom stereocenters. The first-order valence-corrected chi connectivity index (χ1v) is 7.18. The van der Waals surface area contributed by atoms with Gasteiger partial charge in [0, 0.05) is 31.7 Å². The first-order chi connectivity index (χ1) is 8.13. The van der Waals surface area contributed by atoms with Crippen molar-refractivity contribution in [3.05, 3.63) is 21.0 Å². The van der Waals surface area contributed by atoms with E-state index in [1.807, 2.05) is 4.90 Å². The number of halogens is 2. The zero-order valence-corrected chi connectivity index (χ0v) is 12.7. The smallest absolute Gasteiger partial charge is 0.289 e. The SMILES string of the molecule is CC[C@H]1CNCCN1C(=O)c1cc(Br)c(Br)o1. The van der Waals surface area contributed by atoms with Crippen molar-refractivity contribution in [1.29, 1.82) is 0 Å². The number of amides is 1. The maximum atomic E-state index is 12.3. The summed E-state index contributed by atoms with van der Waals surface area (Å²) >= 11 is 6.56. The Hall–Kier alpha value is -0.330. The number of furan rings is 1. The third-order valence-corrected chi connectivity index (χ3v) is 4.65. The van der Waals surface area contributed by atoms with Crippen LogP contribution in [0.25, 0.3) is 0 Å². The van der Waals surface area contributed by atoms with Crippen molar-refractivity contribution in [3.8, 4) is 0 Å². The number of carbonyl (C=O) groups excluding carboxylic acids is 1. The summed E-state index contributed by atoms with van der Waals surface area (Å²) in [5.41, 5.74) is 0. The molecule has 0 radical (unpaired) electrons. The molecule has 2 rings (SSSR count). The van der Waals surface area contributed by atoms with Gasteiger partial charge in [-0.05, 0) is 38.3 Å². The Morgan fingerprint density at radius 3 is 3.00 bits per heavy atom. The Kier molecular flexibility index (Phi) is 4.27. The van der Waals surface area contributed by atoms with Gasteiger partial charge in [-0.2, -0.15) is 0 Å². The highest BCUT2D eigenvalue weighted by Crippen LogP contribution is 2.28. The maximum absolute atomic E-state index is 12.3. The normalized spacial score (nSPS) is 20.6. The van der Waals surface area contributed by atoms with E-state index < -0.39 is 0 Å². The molecule has 0 unspecified atom stereocenters. The van der Waals surface area contributed by atoms with Gasteiger partial charge in [-0.3, -0.25) is 4.79 Å². The number of carbonyl (C=O) groups is 1. The molecule has 1 aromatic rings. The summed E-state index contributed by atoms with van der Waals surface area (Å²) in [5.74, 6) is 0.342. The molecule has 0 spiro atoms. The number of nitrogens with one attached hydrogen (secondary N) is 1. The highest BCUT2D eigenvalue weighted by Gasteiger charge is 2.28. The van der Waals surface area contributed by atoms with E-state index in [1.165, 1.54) is 0 Å². The molecule has 6 heteroatoms. The first kappa shape index (κ1) is 13.1. The molecule has 0 aromatic carbocycles. The average Bonchev–Trinajstić information content (AvgIpc) is 2.68. The van der Waals surface area contributed by atoms with E-state index >= 15 is 0 Å². The fourth-order valence-corrected chi connectivity index (χ4v) is 2.56. The number of rotatable bonds is 2.